The van der Waals surface area contributed by atoms with Crippen molar-refractivity contribution in [2.45, 2.75) is 44.8 Å². The Morgan fingerprint density at radius 2 is 2.07 bits per heavy atom. The van der Waals surface area contributed by atoms with E-state index in [1.807, 2.05) is 6.92 Å². The van der Waals surface area contributed by atoms with Gasteiger partial charge in [0.05, 0.1) is 36.1 Å². The summed E-state index contributed by atoms with van der Waals surface area (Å²) in [5.41, 5.74) is 1.89. The Balaban J connectivity index is 1.42. The Morgan fingerprint density at radius 1 is 1.27 bits per heavy atom. The van der Waals surface area contributed by atoms with Crippen LogP contribution in [0, 0.1) is 12.7 Å². The fourth-order valence-electron chi connectivity index (χ4n) is 3.93. The molecule has 30 heavy (non-hydrogen) atoms. The number of rotatable bonds is 6. The molecule has 2 aromatic heterocycles. The number of hydrogen-bond acceptors (Lipinski definition) is 5. The normalized spacial score (nSPS) is 19.2. The number of carbonyl (C=O) groups excluding carboxylic acids is 1. The number of nitrogens with zero attached hydrogens (tertiary/aromatic N) is 3. The van der Waals surface area contributed by atoms with Gasteiger partial charge in [-0.2, -0.15) is 5.10 Å². The van der Waals surface area contributed by atoms with E-state index >= 15 is 0 Å². The maximum absolute atomic E-state index is 13.7. The molecule has 1 aliphatic carbocycles. The number of aliphatic hydroxyl groups excluding tert-OH is 1. The van der Waals surface area contributed by atoms with E-state index in [1.54, 1.807) is 22.9 Å². The molecule has 0 atom stereocenters. The van der Waals surface area contributed by atoms with Crippen LogP contribution in [0.25, 0.3) is 16.7 Å². The van der Waals surface area contributed by atoms with Gasteiger partial charge in [0.25, 0.3) is 5.91 Å². The van der Waals surface area contributed by atoms with Gasteiger partial charge in [-0.3, -0.25) is 4.79 Å². The minimum atomic E-state index is -0.337. The van der Waals surface area contributed by atoms with Crippen molar-refractivity contribution in [2.24, 2.45) is 0 Å². The molecule has 1 aliphatic rings. The molecule has 0 unspecified atom stereocenters. The van der Waals surface area contributed by atoms with E-state index in [1.165, 1.54) is 18.3 Å². The SMILES string of the molecule is Cc1nn(-c2ccc(C(=O)NC3CCC(OCCO)CC3)cn2)c2cc(F)ccc12. The number of aliphatic hydroxyl groups is 1. The van der Waals surface area contributed by atoms with Crippen LogP contribution in [0.3, 0.4) is 0 Å². The number of halogens is 1. The van der Waals surface area contributed by atoms with Crippen LogP contribution in [-0.2, 0) is 4.74 Å². The summed E-state index contributed by atoms with van der Waals surface area (Å²) in [6.45, 7) is 2.25. The number of carbonyl (C=O) groups is 1. The summed E-state index contributed by atoms with van der Waals surface area (Å²) < 4.78 is 20.8. The number of hydrogen-bond donors (Lipinski definition) is 2. The molecular weight excluding hydrogens is 387 g/mol. The highest BCUT2D eigenvalue weighted by atomic mass is 19.1. The topological polar surface area (TPSA) is 89.3 Å². The summed E-state index contributed by atoms with van der Waals surface area (Å²) in [6, 6.07) is 8.06. The van der Waals surface area contributed by atoms with Gasteiger partial charge in [0, 0.05) is 23.7 Å². The molecule has 1 saturated carbocycles. The summed E-state index contributed by atoms with van der Waals surface area (Å²) in [5.74, 6) is 0.0224. The van der Waals surface area contributed by atoms with Gasteiger partial charge in [-0.1, -0.05) is 0 Å². The number of aryl methyl sites for hydroxylation is 1. The molecule has 0 saturated heterocycles. The van der Waals surface area contributed by atoms with Crippen molar-refractivity contribution >= 4 is 16.8 Å². The lowest BCUT2D eigenvalue weighted by Gasteiger charge is -2.29. The minimum absolute atomic E-state index is 0.0303. The van der Waals surface area contributed by atoms with Crippen LogP contribution in [0.5, 0.6) is 0 Å². The second kappa shape index (κ2) is 8.89. The van der Waals surface area contributed by atoms with Gasteiger partial charge >= 0.3 is 0 Å². The number of nitrogens with one attached hydrogen (secondary N) is 1. The molecule has 4 rings (SSSR count). The van der Waals surface area contributed by atoms with Crippen LogP contribution in [-0.4, -0.2) is 51.1 Å². The standard InChI is InChI=1S/C22H25FN4O3/c1-14-19-8-3-16(23)12-20(19)27(26-14)21-9-2-15(13-24-21)22(29)25-17-4-6-18(7-5-17)30-11-10-28/h2-3,8-9,12-13,17-18,28H,4-7,10-11H2,1H3,(H,25,29). The zero-order chi connectivity index (χ0) is 21.1. The van der Waals surface area contributed by atoms with Gasteiger partial charge in [0.2, 0.25) is 0 Å². The number of pyridine rings is 1. The predicted octanol–water partition coefficient (Wildman–Crippen LogP) is 2.92. The highest BCUT2D eigenvalue weighted by molar-refractivity contribution is 5.94. The first-order valence-electron chi connectivity index (χ1n) is 10.2. The third kappa shape index (κ3) is 4.34. The predicted molar refractivity (Wildman–Crippen MR) is 110 cm³/mol. The molecule has 0 aliphatic heterocycles. The van der Waals surface area contributed by atoms with E-state index in [-0.39, 0.29) is 30.5 Å². The van der Waals surface area contributed by atoms with Crippen LogP contribution in [0.15, 0.2) is 36.5 Å². The lowest BCUT2D eigenvalue weighted by atomic mass is 9.93. The molecule has 0 radical (unpaired) electrons. The summed E-state index contributed by atoms with van der Waals surface area (Å²) in [4.78, 5) is 17.0. The lowest BCUT2D eigenvalue weighted by Crippen LogP contribution is -2.39. The van der Waals surface area contributed by atoms with E-state index in [2.05, 4.69) is 15.4 Å². The van der Waals surface area contributed by atoms with Crippen LogP contribution in [0.4, 0.5) is 4.39 Å². The Bertz CT molecular complexity index is 1030. The maximum Gasteiger partial charge on any atom is 0.253 e. The van der Waals surface area contributed by atoms with E-state index < -0.39 is 0 Å². The van der Waals surface area contributed by atoms with Crippen LogP contribution < -0.4 is 5.32 Å². The molecule has 158 valence electrons. The molecule has 0 spiro atoms. The molecule has 1 fully saturated rings. The molecule has 3 aromatic rings. The van der Waals surface area contributed by atoms with E-state index in [0.717, 1.165) is 36.8 Å². The number of benzene rings is 1. The third-order valence-corrected chi connectivity index (χ3v) is 5.51. The van der Waals surface area contributed by atoms with Crippen molar-refractivity contribution in [1.29, 1.82) is 0 Å². The highest BCUT2D eigenvalue weighted by Gasteiger charge is 2.23. The van der Waals surface area contributed by atoms with Gasteiger partial charge < -0.3 is 15.2 Å². The summed E-state index contributed by atoms with van der Waals surface area (Å²) in [6.07, 6.45) is 5.09. The molecule has 0 bridgehead atoms. The quantitative estimate of drug-likeness (QED) is 0.650. The fourth-order valence-corrected chi connectivity index (χ4v) is 3.93. The number of ether oxygens (including phenoxy) is 1. The lowest BCUT2D eigenvalue weighted by molar-refractivity contribution is 0.00425. The Hall–Kier alpha value is -2.84. The Labute approximate surface area is 173 Å². The average Bonchev–Trinajstić information content (AvgIpc) is 3.09. The molecular formula is C22H25FN4O3. The van der Waals surface area contributed by atoms with Crippen LogP contribution in [0.2, 0.25) is 0 Å². The fraction of sp³-hybridized carbons (Fsp3) is 0.409. The van der Waals surface area contributed by atoms with Gasteiger partial charge in [0.15, 0.2) is 5.82 Å². The van der Waals surface area contributed by atoms with Crippen molar-refractivity contribution in [3.63, 3.8) is 0 Å². The first-order valence-corrected chi connectivity index (χ1v) is 10.2. The van der Waals surface area contributed by atoms with Gasteiger partial charge in [-0.05, 0) is 56.9 Å². The smallest absolute Gasteiger partial charge is 0.253 e. The summed E-state index contributed by atoms with van der Waals surface area (Å²) >= 11 is 0. The van der Waals surface area contributed by atoms with Gasteiger partial charge in [-0.25, -0.2) is 14.1 Å². The summed E-state index contributed by atoms with van der Waals surface area (Å²) in [7, 11) is 0. The minimum Gasteiger partial charge on any atom is -0.394 e. The molecule has 1 amide bonds. The first kappa shape index (κ1) is 20.4. The maximum atomic E-state index is 13.7. The highest BCUT2D eigenvalue weighted by Crippen LogP contribution is 2.23. The third-order valence-electron chi connectivity index (χ3n) is 5.51. The Kier molecular flexibility index (Phi) is 6.06. The molecule has 1 aromatic carbocycles. The van der Waals surface area contributed by atoms with Crippen molar-refractivity contribution in [1.82, 2.24) is 20.1 Å². The van der Waals surface area contributed by atoms with Gasteiger partial charge in [0.1, 0.15) is 5.82 Å². The van der Waals surface area contributed by atoms with Gasteiger partial charge in [-0.15, -0.1) is 0 Å². The molecule has 2 N–H and O–H groups in total. The first-order chi connectivity index (χ1) is 14.5. The van der Waals surface area contributed by atoms with Crippen LogP contribution in [0.1, 0.15) is 41.7 Å². The van der Waals surface area contributed by atoms with E-state index in [9.17, 15) is 9.18 Å². The number of amides is 1. The van der Waals surface area contributed by atoms with Crippen molar-refractivity contribution < 1.29 is 19.0 Å². The zero-order valence-corrected chi connectivity index (χ0v) is 16.8. The van der Waals surface area contributed by atoms with E-state index in [0.29, 0.717) is 23.5 Å². The van der Waals surface area contributed by atoms with Crippen molar-refractivity contribution in [3.05, 3.63) is 53.6 Å². The van der Waals surface area contributed by atoms with Crippen LogP contribution >= 0.6 is 0 Å². The molecule has 7 nitrogen and oxygen atoms in total. The zero-order valence-electron chi connectivity index (χ0n) is 16.8. The Morgan fingerprint density at radius 3 is 2.77 bits per heavy atom. The average molecular weight is 412 g/mol. The largest absolute Gasteiger partial charge is 0.394 e. The van der Waals surface area contributed by atoms with Crippen molar-refractivity contribution in [2.75, 3.05) is 13.2 Å². The monoisotopic (exact) mass is 412 g/mol. The number of fused-ring (bicyclic) bond motifs is 1. The second-order valence-electron chi connectivity index (χ2n) is 7.61. The molecule has 8 heteroatoms. The number of aromatic nitrogens is 3. The van der Waals surface area contributed by atoms with E-state index in [4.69, 9.17) is 9.84 Å². The summed E-state index contributed by atoms with van der Waals surface area (Å²) in [5, 5.41) is 17.2. The molecule has 2 heterocycles. The van der Waals surface area contributed by atoms with Crippen molar-refractivity contribution in [3.8, 4) is 5.82 Å². The second-order valence-corrected chi connectivity index (χ2v) is 7.61.